The Morgan fingerprint density at radius 2 is 1.85 bits per heavy atom. The summed E-state index contributed by atoms with van der Waals surface area (Å²) in [4.78, 5) is 34.8. The number of para-hydroxylation sites is 1. The Balaban J connectivity index is 1.79. The lowest BCUT2D eigenvalue weighted by atomic mass is 10.2. The van der Waals surface area contributed by atoms with Crippen molar-refractivity contribution in [2.75, 3.05) is 11.9 Å². The first-order valence-electron chi connectivity index (χ1n) is 7.50. The number of halogens is 3. The molecule has 2 N–H and O–H groups in total. The standard InChI is InChI=1S/C18H13Cl2FN2O4/c19-12-7-5-11(13(20)9-12)6-8-17(25)27-10-16(24)23-18(26)22-15-4-2-1-3-14(15)21/h1-9H,10H2,(H2,22,23,24,26). The SMILES string of the molecule is O=C(COC(=O)C=Cc1ccc(Cl)cc1Cl)NC(=O)Nc1ccccc1F. The first kappa shape index (κ1) is 20.4. The average molecular weight is 411 g/mol. The third-order valence-corrected chi connectivity index (χ3v) is 3.64. The molecule has 0 radical (unpaired) electrons. The summed E-state index contributed by atoms with van der Waals surface area (Å²) in [6.45, 7) is -0.692. The van der Waals surface area contributed by atoms with E-state index in [9.17, 15) is 18.8 Å². The maximum atomic E-state index is 13.4. The summed E-state index contributed by atoms with van der Waals surface area (Å²) >= 11 is 11.7. The van der Waals surface area contributed by atoms with E-state index >= 15 is 0 Å². The molecule has 0 bridgehead atoms. The number of hydrogen-bond acceptors (Lipinski definition) is 4. The van der Waals surface area contributed by atoms with Crippen molar-refractivity contribution in [1.82, 2.24) is 5.32 Å². The number of hydrogen-bond donors (Lipinski definition) is 2. The predicted molar refractivity (Wildman–Crippen MR) is 100 cm³/mol. The van der Waals surface area contributed by atoms with Gasteiger partial charge in [0, 0.05) is 16.1 Å². The normalized spacial score (nSPS) is 10.5. The van der Waals surface area contributed by atoms with Crippen LogP contribution in [-0.2, 0) is 14.3 Å². The zero-order valence-corrected chi connectivity index (χ0v) is 15.2. The lowest BCUT2D eigenvalue weighted by Crippen LogP contribution is -2.37. The Hall–Kier alpha value is -2.90. The zero-order chi connectivity index (χ0) is 19.8. The number of carbonyl (C=O) groups is 3. The fraction of sp³-hybridized carbons (Fsp3) is 0.0556. The van der Waals surface area contributed by atoms with E-state index in [4.69, 9.17) is 27.9 Å². The van der Waals surface area contributed by atoms with Crippen molar-refractivity contribution in [2.24, 2.45) is 0 Å². The maximum absolute atomic E-state index is 13.4. The molecule has 2 aromatic carbocycles. The van der Waals surface area contributed by atoms with Gasteiger partial charge in [-0.15, -0.1) is 0 Å². The van der Waals surface area contributed by atoms with Crippen molar-refractivity contribution in [3.05, 3.63) is 70.0 Å². The van der Waals surface area contributed by atoms with Crippen LogP contribution in [0.5, 0.6) is 0 Å². The number of benzene rings is 2. The van der Waals surface area contributed by atoms with Gasteiger partial charge < -0.3 is 10.1 Å². The molecule has 0 unspecified atom stereocenters. The minimum Gasteiger partial charge on any atom is -0.452 e. The number of esters is 1. The van der Waals surface area contributed by atoms with E-state index in [2.05, 4.69) is 5.32 Å². The van der Waals surface area contributed by atoms with Crippen LogP contribution < -0.4 is 10.6 Å². The molecular weight excluding hydrogens is 398 g/mol. The van der Waals surface area contributed by atoms with Crippen molar-refractivity contribution < 1.29 is 23.5 Å². The molecule has 27 heavy (non-hydrogen) atoms. The van der Waals surface area contributed by atoms with Gasteiger partial charge in [-0.3, -0.25) is 10.1 Å². The molecule has 140 valence electrons. The smallest absolute Gasteiger partial charge is 0.331 e. The molecule has 2 aromatic rings. The molecule has 0 saturated carbocycles. The molecule has 0 aliphatic carbocycles. The highest BCUT2D eigenvalue weighted by Gasteiger charge is 2.11. The number of anilines is 1. The first-order chi connectivity index (χ1) is 12.8. The highest BCUT2D eigenvalue weighted by molar-refractivity contribution is 6.35. The number of ether oxygens (including phenoxy) is 1. The molecule has 0 fully saturated rings. The summed E-state index contributed by atoms with van der Waals surface area (Å²) in [6, 6.07) is 9.20. The molecule has 0 aliphatic heterocycles. The zero-order valence-electron chi connectivity index (χ0n) is 13.7. The van der Waals surface area contributed by atoms with Gasteiger partial charge in [-0.25, -0.2) is 14.0 Å². The second-order valence-corrected chi connectivity index (χ2v) is 5.93. The van der Waals surface area contributed by atoms with Crippen molar-refractivity contribution in [1.29, 1.82) is 0 Å². The van der Waals surface area contributed by atoms with Crippen LogP contribution in [-0.4, -0.2) is 24.5 Å². The number of carbonyl (C=O) groups excluding carboxylic acids is 3. The highest BCUT2D eigenvalue weighted by atomic mass is 35.5. The minimum absolute atomic E-state index is 0.0948. The molecule has 0 spiro atoms. The Labute approximate surface area is 163 Å². The van der Waals surface area contributed by atoms with E-state index in [1.54, 1.807) is 12.1 Å². The van der Waals surface area contributed by atoms with Crippen molar-refractivity contribution in [3.8, 4) is 0 Å². The third kappa shape index (κ3) is 6.73. The van der Waals surface area contributed by atoms with Crippen LogP contribution >= 0.6 is 23.2 Å². The summed E-state index contributed by atoms with van der Waals surface area (Å²) in [5.74, 6) is -2.35. The van der Waals surface area contributed by atoms with Gasteiger partial charge in [-0.1, -0.05) is 41.4 Å². The quantitative estimate of drug-likeness (QED) is 0.575. The van der Waals surface area contributed by atoms with E-state index in [0.29, 0.717) is 15.6 Å². The second-order valence-electron chi connectivity index (χ2n) is 5.09. The van der Waals surface area contributed by atoms with Crippen LogP contribution in [0.4, 0.5) is 14.9 Å². The van der Waals surface area contributed by atoms with E-state index in [-0.39, 0.29) is 5.69 Å². The molecule has 0 aromatic heterocycles. The van der Waals surface area contributed by atoms with Gasteiger partial charge in [-0.05, 0) is 35.9 Å². The van der Waals surface area contributed by atoms with Crippen molar-refractivity contribution in [3.63, 3.8) is 0 Å². The molecule has 6 nitrogen and oxygen atoms in total. The molecule has 2 rings (SSSR count). The van der Waals surface area contributed by atoms with Gasteiger partial charge in [-0.2, -0.15) is 0 Å². The summed E-state index contributed by atoms with van der Waals surface area (Å²) in [6.07, 6.45) is 2.46. The molecule has 0 atom stereocenters. The van der Waals surface area contributed by atoms with Crippen molar-refractivity contribution in [2.45, 2.75) is 0 Å². The van der Waals surface area contributed by atoms with Crippen LogP contribution in [0.1, 0.15) is 5.56 Å². The van der Waals surface area contributed by atoms with Gasteiger partial charge in [0.2, 0.25) is 0 Å². The van der Waals surface area contributed by atoms with Gasteiger partial charge in [0.1, 0.15) is 5.82 Å². The monoisotopic (exact) mass is 410 g/mol. The Morgan fingerprint density at radius 3 is 2.56 bits per heavy atom. The van der Waals surface area contributed by atoms with E-state index in [1.165, 1.54) is 30.3 Å². The average Bonchev–Trinajstić information content (AvgIpc) is 2.61. The number of rotatable bonds is 5. The largest absolute Gasteiger partial charge is 0.452 e. The number of amides is 3. The summed E-state index contributed by atoms with van der Waals surface area (Å²) < 4.78 is 18.1. The topological polar surface area (TPSA) is 84.5 Å². The Kier molecular flexibility index (Phi) is 7.34. The highest BCUT2D eigenvalue weighted by Crippen LogP contribution is 2.21. The van der Waals surface area contributed by atoms with E-state index < -0.39 is 30.3 Å². The third-order valence-electron chi connectivity index (χ3n) is 3.08. The summed E-state index contributed by atoms with van der Waals surface area (Å²) in [7, 11) is 0. The van der Waals surface area contributed by atoms with Crippen molar-refractivity contribution >= 4 is 52.9 Å². The predicted octanol–water partition coefficient (Wildman–Crippen LogP) is 4.04. The fourth-order valence-electron chi connectivity index (χ4n) is 1.86. The fourth-order valence-corrected chi connectivity index (χ4v) is 2.33. The van der Waals surface area contributed by atoms with Gasteiger partial charge >= 0.3 is 12.0 Å². The van der Waals surface area contributed by atoms with Crippen LogP contribution in [0.25, 0.3) is 6.08 Å². The lowest BCUT2D eigenvalue weighted by Gasteiger charge is -2.07. The number of imide groups is 1. The molecule has 9 heteroatoms. The van der Waals surface area contributed by atoms with Crippen LogP contribution in [0.15, 0.2) is 48.5 Å². The van der Waals surface area contributed by atoms with Crippen LogP contribution in [0, 0.1) is 5.82 Å². The van der Waals surface area contributed by atoms with E-state index in [1.807, 2.05) is 5.32 Å². The number of nitrogens with one attached hydrogen (secondary N) is 2. The molecule has 0 saturated heterocycles. The summed E-state index contributed by atoms with van der Waals surface area (Å²) in [5, 5.41) is 4.86. The van der Waals surface area contributed by atoms with Gasteiger partial charge in [0.05, 0.1) is 5.69 Å². The molecular formula is C18H13Cl2FN2O4. The molecule has 0 heterocycles. The number of urea groups is 1. The summed E-state index contributed by atoms with van der Waals surface area (Å²) in [5.41, 5.74) is 0.439. The maximum Gasteiger partial charge on any atom is 0.331 e. The minimum atomic E-state index is -0.954. The lowest BCUT2D eigenvalue weighted by molar-refractivity contribution is -0.143. The molecule has 0 aliphatic rings. The first-order valence-corrected chi connectivity index (χ1v) is 8.26. The van der Waals surface area contributed by atoms with E-state index in [0.717, 1.165) is 12.1 Å². The Morgan fingerprint density at radius 1 is 1.11 bits per heavy atom. The second kappa shape index (κ2) is 9.70. The van der Waals surface area contributed by atoms with Gasteiger partial charge in [0.25, 0.3) is 5.91 Å². The van der Waals surface area contributed by atoms with Crippen LogP contribution in [0.3, 0.4) is 0 Å². The van der Waals surface area contributed by atoms with Crippen LogP contribution in [0.2, 0.25) is 10.0 Å². The molecule has 3 amide bonds. The van der Waals surface area contributed by atoms with Gasteiger partial charge in [0.15, 0.2) is 6.61 Å². The Bertz CT molecular complexity index is 903.